The van der Waals surface area contributed by atoms with Crippen LogP contribution in [0.25, 0.3) is 0 Å². The molecule has 92 valence electrons. The van der Waals surface area contributed by atoms with E-state index in [9.17, 15) is 4.79 Å². The van der Waals surface area contributed by atoms with E-state index in [0.717, 1.165) is 18.5 Å². The fourth-order valence-electron chi connectivity index (χ4n) is 2.10. The second kappa shape index (κ2) is 5.19. The third-order valence-corrected chi connectivity index (χ3v) is 2.97. The lowest BCUT2D eigenvalue weighted by Crippen LogP contribution is -2.38. The zero-order valence-corrected chi connectivity index (χ0v) is 10.1. The number of nitrogens with zero attached hydrogens (tertiary/aromatic N) is 1. The van der Waals surface area contributed by atoms with E-state index in [1.807, 2.05) is 31.2 Å². The van der Waals surface area contributed by atoms with Gasteiger partial charge in [0.15, 0.2) is 0 Å². The third-order valence-electron chi connectivity index (χ3n) is 2.97. The molecule has 1 aliphatic heterocycles. The molecule has 0 spiro atoms. The van der Waals surface area contributed by atoms with Gasteiger partial charge in [-0.15, -0.1) is 0 Å². The van der Waals surface area contributed by atoms with Gasteiger partial charge in [0, 0.05) is 24.5 Å². The highest BCUT2D eigenvalue weighted by molar-refractivity contribution is 5.97. The first kappa shape index (κ1) is 11.9. The number of likely N-dealkylation sites (N-methyl/N-ethyl adjacent to an activating group) is 1. The van der Waals surface area contributed by atoms with E-state index in [-0.39, 0.29) is 12.0 Å². The minimum atomic E-state index is -0.281. The second-order valence-electron chi connectivity index (χ2n) is 4.18. The average Bonchev–Trinajstić information content (AvgIpc) is 2.83. The lowest BCUT2D eigenvalue weighted by Gasteiger charge is -2.24. The van der Waals surface area contributed by atoms with Crippen molar-refractivity contribution >= 4 is 17.3 Å². The number of carbonyl (C=O) groups excluding carboxylic acids is 1. The van der Waals surface area contributed by atoms with E-state index in [1.165, 1.54) is 0 Å². The number of benzene rings is 1. The molecule has 1 unspecified atom stereocenters. The first-order chi connectivity index (χ1) is 8.22. The van der Waals surface area contributed by atoms with Crippen LogP contribution in [0.3, 0.4) is 0 Å². The molecule has 2 N–H and O–H groups in total. The summed E-state index contributed by atoms with van der Waals surface area (Å²) in [5, 5.41) is 0. The summed E-state index contributed by atoms with van der Waals surface area (Å²) in [5.74, 6) is 0.0376. The summed E-state index contributed by atoms with van der Waals surface area (Å²) in [6.45, 7) is 3.27. The largest absolute Gasteiger partial charge is 0.399 e. The third kappa shape index (κ3) is 2.58. The molecule has 1 heterocycles. The molecule has 1 amide bonds. The Morgan fingerprint density at radius 1 is 1.59 bits per heavy atom. The number of ether oxygens (including phenoxy) is 1. The van der Waals surface area contributed by atoms with Gasteiger partial charge in [-0.3, -0.25) is 4.79 Å². The maximum absolute atomic E-state index is 12.2. The highest BCUT2D eigenvalue weighted by atomic mass is 16.5. The average molecular weight is 234 g/mol. The molecule has 0 bridgehead atoms. The predicted molar refractivity (Wildman–Crippen MR) is 67.9 cm³/mol. The Hall–Kier alpha value is -1.55. The van der Waals surface area contributed by atoms with Gasteiger partial charge in [-0.1, -0.05) is 6.07 Å². The van der Waals surface area contributed by atoms with E-state index in [0.29, 0.717) is 18.8 Å². The monoisotopic (exact) mass is 234 g/mol. The van der Waals surface area contributed by atoms with Crippen LogP contribution in [0.4, 0.5) is 11.4 Å². The molecule has 0 saturated carbocycles. The van der Waals surface area contributed by atoms with Crippen molar-refractivity contribution in [2.24, 2.45) is 0 Å². The molecular formula is C13H18N2O2. The smallest absolute Gasteiger partial charge is 0.256 e. The quantitative estimate of drug-likeness (QED) is 0.811. The van der Waals surface area contributed by atoms with Crippen LogP contribution in [-0.2, 0) is 9.53 Å². The summed E-state index contributed by atoms with van der Waals surface area (Å²) in [6, 6.07) is 7.38. The fraction of sp³-hybridized carbons (Fsp3) is 0.462. The van der Waals surface area contributed by atoms with Crippen molar-refractivity contribution in [1.29, 1.82) is 0 Å². The number of nitrogens with two attached hydrogens (primary N) is 1. The Balaban J connectivity index is 2.17. The van der Waals surface area contributed by atoms with Gasteiger partial charge in [-0.2, -0.15) is 0 Å². The molecule has 1 atom stereocenters. The van der Waals surface area contributed by atoms with Gasteiger partial charge in [0.25, 0.3) is 5.91 Å². The predicted octanol–water partition coefficient (Wildman–Crippen LogP) is 1.80. The van der Waals surface area contributed by atoms with Crippen molar-refractivity contribution in [2.45, 2.75) is 25.9 Å². The number of amides is 1. The molecule has 4 heteroatoms. The SMILES string of the molecule is CCN(C(=O)C1CCCO1)c1cccc(N)c1. The van der Waals surface area contributed by atoms with Gasteiger partial charge in [-0.05, 0) is 38.0 Å². The van der Waals surface area contributed by atoms with Gasteiger partial charge >= 0.3 is 0 Å². The van der Waals surface area contributed by atoms with Crippen LogP contribution in [0.15, 0.2) is 24.3 Å². The Kier molecular flexibility index (Phi) is 3.64. The number of anilines is 2. The Morgan fingerprint density at radius 3 is 3.00 bits per heavy atom. The minimum absolute atomic E-state index is 0.0376. The summed E-state index contributed by atoms with van der Waals surface area (Å²) in [6.07, 6.45) is 1.50. The van der Waals surface area contributed by atoms with E-state index < -0.39 is 0 Å². The Bertz CT molecular complexity index is 400. The molecule has 1 aromatic rings. The summed E-state index contributed by atoms with van der Waals surface area (Å²) in [7, 11) is 0. The zero-order valence-electron chi connectivity index (χ0n) is 10.1. The molecule has 2 rings (SSSR count). The number of hydrogen-bond donors (Lipinski definition) is 1. The highest BCUT2D eigenvalue weighted by Crippen LogP contribution is 2.21. The minimum Gasteiger partial charge on any atom is -0.399 e. The molecule has 17 heavy (non-hydrogen) atoms. The summed E-state index contributed by atoms with van der Waals surface area (Å²) in [5.41, 5.74) is 7.24. The lowest BCUT2D eigenvalue weighted by molar-refractivity contribution is -0.127. The van der Waals surface area contributed by atoms with Crippen LogP contribution in [0.1, 0.15) is 19.8 Å². The maximum atomic E-state index is 12.2. The zero-order chi connectivity index (χ0) is 12.3. The molecule has 0 aromatic heterocycles. The standard InChI is InChI=1S/C13H18N2O2/c1-2-15(11-6-3-5-10(14)9-11)13(16)12-7-4-8-17-12/h3,5-6,9,12H,2,4,7-8,14H2,1H3. The topological polar surface area (TPSA) is 55.6 Å². The van der Waals surface area contributed by atoms with Crippen LogP contribution in [0.5, 0.6) is 0 Å². The van der Waals surface area contributed by atoms with Crippen LogP contribution >= 0.6 is 0 Å². The van der Waals surface area contributed by atoms with Gasteiger partial charge < -0.3 is 15.4 Å². The molecule has 0 aliphatic carbocycles. The van der Waals surface area contributed by atoms with Gasteiger partial charge in [-0.25, -0.2) is 0 Å². The summed E-state index contributed by atoms with van der Waals surface area (Å²) >= 11 is 0. The normalized spacial score (nSPS) is 19.2. The molecule has 1 fully saturated rings. The lowest BCUT2D eigenvalue weighted by atomic mass is 10.2. The van der Waals surface area contributed by atoms with Crippen molar-refractivity contribution < 1.29 is 9.53 Å². The van der Waals surface area contributed by atoms with E-state index >= 15 is 0 Å². The van der Waals surface area contributed by atoms with Crippen molar-refractivity contribution in [1.82, 2.24) is 0 Å². The number of rotatable bonds is 3. The first-order valence-electron chi connectivity index (χ1n) is 6.01. The second-order valence-corrected chi connectivity index (χ2v) is 4.18. The maximum Gasteiger partial charge on any atom is 0.256 e. The molecule has 0 radical (unpaired) electrons. The number of carbonyl (C=O) groups is 1. The van der Waals surface area contributed by atoms with Crippen molar-refractivity contribution in [3.8, 4) is 0 Å². The van der Waals surface area contributed by atoms with Crippen LogP contribution < -0.4 is 10.6 Å². The van der Waals surface area contributed by atoms with Gasteiger partial charge in [0.05, 0.1) is 0 Å². The van der Waals surface area contributed by atoms with Crippen LogP contribution in [0, 0.1) is 0 Å². The van der Waals surface area contributed by atoms with Crippen molar-refractivity contribution in [2.75, 3.05) is 23.8 Å². The molecule has 4 nitrogen and oxygen atoms in total. The van der Waals surface area contributed by atoms with E-state index in [1.54, 1.807) is 4.90 Å². The van der Waals surface area contributed by atoms with Crippen molar-refractivity contribution in [3.05, 3.63) is 24.3 Å². The molecule has 1 saturated heterocycles. The molecule has 1 aliphatic rings. The van der Waals surface area contributed by atoms with Crippen LogP contribution in [0.2, 0.25) is 0 Å². The summed E-state index contributed by atoms with van der Waals surface area (Å²) < 4.78 is 5.43. The first-order valence-corrected chi connectivity index (χ1v) is 6.01. The number of hydrogen-bond acceptors (Lipinski definition) is 3. The van der Waals surface area contributed by atoms with Gasteiger partial charge in [0.2, 0.25) is 0 Å². The van der Waals surface area contributed by atoms with Crippen molar-refractivity contribution in [3.63, 3.8) is 0 Å². The molecule has 1 aromatic carbocycles. The molecular weight excluding hydrogens is 216 g/mol. The summed E-state index contributed by atoms with van der Waals surface area (Å²) in [4.78, 5) is 14.0. The highest BCUT2D eigenvalue weighted by Gasteiger charge is 2.28. The Labute approximate surface area is 101 Å². The van der Waals surface area contributed by atoms with Crippen LogP contribution in [-0.4, -0.2) is 25.2 Å². The fourth-order valence-corrected chi connectivity index (χ4v) is 2.10. The van der Waals surface area contributed by atoms with E-state index in [2.05, 4.69) is 0 Å². The number of nitrogen functional groups attached to an aromatic ring is 1. The Morgan fingerprint density at radius 2 is 2.41 bits per heavy atom. The van der Waals surface area contributed by atoms with Gasteiger partial charge in [0.1, 0.15) is 6.10 Å². The van der Waals surface area contributed by atoms with E-state index in [4.69, 9.17) is 10.5 Å².